The van der Waals surface area contributed by atoms with Crippen LogP contribution < -0.4 is 0 Å². The minimum absolute atomic E-state index is 0.360. The first-order valence-corrected chi connectivity index (χ1v) is 27.7. The predicted octanol–water partition coefficient (Wildman–Crippen LogP) is 12.8. The Morgan fingerprint density at radius 1 is 0.298 bits per heavy atom. The Morgan fingerprint density at radius 2 is 0.426 bits per heavy atom. The van der Waals surface area contributed by atoms with Crippen LogP contribution in [0.3, 0.4) is 0 Å². The molecule has 0 spiro atoms. The van der Waals surface area contributed by atoms with Crippen molar-refractivity contribution >= 4 is 37.1 Å². The zero-order valence-electron chi connectivity index (χ0n) is 30.8. The standard InChI is InChI=1S/2C18H37.Mo.2H3O3PS/c2*1-3-5-7-9-11-13-15-17-18-16-14-12-10-8-6-4-2;;2*1-4(2,3)5/h2*1,3-18H2,2H3;;2*(H3,1,2,3,5). The van der Waals surface area contributed by atoms with Crippen molar-refractivity contribution in [1.82, 2.24) is 0 Å². The summed E-state index contributed by atoms with van der Waals surface area (Å²) in [5.74, 6) is 0. The molecule has 0 aliphatic heterocycles. The average molecular weight is 831 g/mol. The summed E-state index contributed by atoms with van der Waals surface area (Å²) in [6.45, 7) is -2.99. The number of hydrogen-bond donors (Lipinski definition) is 6. The van der Waals surface area contributed by atoms with E-state index < -0.39 is 13.4 Å². The van der Waals surface area contributed by atoms with E-state index in [0.717, 1.165) is 0 Å². The predicted molar refractivity (Wildman–Crippen MR) is 211 cm³/mol. The fourth-order valence-corrected chi connectivity index (χ4v) is 8.12. The summed E-state index contributed by atoms with van der Waals surface area (Å²) in [5, 5.41) is 0. The monoisotopic (exact) mass is 832 g/mol. The first kappa shape index (κ1) is 53.1. The van der Waals surface area contributed by atoms with Crippen LogP contribution in [0.1, 0.15) is 219 Å². The molecule has 0 aromatic heterocycles. The van der Waals surface area contributed by atoms with Crippen LogP contribution in [0.5, 0.6) is 0 Å². The first-order valence-electron chi connectivity index (χ1n) is 19.6. The van der Waals surface area contributed by atoms with Gasteiger partial charge in [-0.05, 0) is 23.6 Å². The van der Waals surface area contributed by atoms with Crippen molar-refractivity contribution in [2.75, 3.05) is 0 Å². The summed E-state index contributed by atoms with van der Waals surface area (Å²) in [4.78, 5) is 48.6. The summed E-state index contributed by atoms with van der Waals surface area (Å²) in [7, 11) is 0. The molecule has 0 aliphatic carbocycles. The van der Waals surface area contributed by atoms with E-state index in [4.69, 9.17) is 29.4 Å². The molecule has 0 radical (unpaired) electrons. The average Bonchev–Trinajstić information content (AvgIpc) is 2.98. The molecule has 0 heterocycles. The van der Waals surface area contributed by atoms with Gasteiger partial charge in [0.05, 0.1) is 0 Å². The first-order chi connectivity index (χ1) is 22.4. The number of unbranched alkanes of at least 4 members (excludes halogenated alkanes) is 30. The Hall–Kier alpha value is 1.75. The van der Waals surface area contributed by atoms with Gasteiger partial charge in [0.1, 0.15) is 0 Å². The molecule has 6 nitrogen and oxygen atoms in total. The minimum atomic E-state index is -3.81. The maximum absolute atomic E-state index is 7.56. The Bertz CT molecular complexity index is 597. The quantitative estimate of drug-likeness (QED) is 0.0215. The zero-order valence-corrected chi connectivity index (χ0v) is 36.3. The molecule has 11 heteroatoms. The van der Waals surface area contributed by atoms with E-state index >= 15 is 0 Å². The van der Waals surface area contributed by atoms with Gasteiger partial charge in [0.2, 0.25) is 0 Å². The van der Waals surface area contributed by atoms with Gasteiger partial charge in [-0.15, -0.1) is 0 Å². The van der Waals surface area contributed by atoms with Crippen molar-refractivity contribution in [3.8, 4) is 0 Å². The minimum Gasteiger partial charge on any atom is -0.325 e. The van der Waals surface area contributed by atoms with Crippen LogP contribution in [0.4, 0.5) is 0 Å². The second-order valence-corrected chi connectivity index (χ2v) is 21.2. The van der Waals surface area contributed by atoms with E-state index in [1.807, 2.05) is 0 Å². The summed E-state index contributed by atoms with van der Waals surface area (Å²) in [6, 6.07) is 0. The summed E-state index contributed by atoms with van der Waals surface area (Å²) in [5.41, 5.74) is 0. The van der Waals surface area contributed by atoms with Crippen LogP contribution >= 0.6 is 13.4 Å². The van der Waals surface area contributed by atoms with Crippen LogP contribution in [-0.2, 0) is 42.2 Å². The molecule has 0 saturated heterocycles. The van der Waals surface area contributed by atoms with Gasteiger partial charge in [-0.1, -0.05) is 78.1 Å². The molecule has 6 N–H and O–H groups in total. The Morgan fingerprint density at radius 3 is 0.574 bits per heavy atom. The summed E-state index contributed by atoms with van der Waals surface area (Å²) in [6.07, 6.45) is 47.7. The van der Waals surface area contributed by atoms with E-state index in [1.54, 1.807) is 22.5 Å². The third-order valence-corrected chi connectivity index (χ3v) is 11.1. The van der Waals surface area contributed by atoms with E-state index in [-0.39, 0.29) is 0 Å². The van der Waals surface area contributed by atoms with Crippen molar-refractivity contribution in [3.63, 3.8) is 0 Å². The van der Waals surface area contributed by atoms with Crippen molar-refractivity contribution < 1.29 is 47.9 Å². The summed E-state index contributed by atoms with van der Waals surface area (Å²) < 4.78 is 0. The molecular weight excluding hydrogens is 750 g/mol. The van der Waals surface area contributed by atoms with Crippen molar-refractivity contribution in [3.05, 3.63) is 0 Å². The molecule has 0 unspecified atom stereocenters. The molecule has 0 bridgehead atoms. The van der Waals surface area contributed by atoms with E-state index in [2.05, 4.69) is 37.5 Å². The van der Waals surface area contributed by atoms with Gasteiger partial charge in [-0.3, -0.25) is 0 Å². The van der Waals surface area contributed by atoms with Crippen LogP contribution in [0.15, 0.2) is 0 Å². The third kappa shape index (κ3) is 78.2. The topological polar surface area (TPSA) is 121 Å². The molecule has 47 heavy (non-hydrogen) atoms. The molecule has 288 valence electrons. The maximum atomic E-state index is 7.56. The van der Waals surface area contributed by atoms with E-state index in [1.165, 1.54) is 193 Å². The third-order valence-electron chi connectivity index (χ3n) is 8.28. The van der Waals surface area contributed by atoms with Crippen molar-refractivity contribution in [2.45, 2.75) is 229 Å². The van der Waals surface area contributed by atoms with E-state index in [0.29, 0.717) is 18.6 Å². The molecule has 0 aliphatic rings. The molecular formula is C36H80MoO6P2S2. The summed E-state index contributed by atoms with van der Waals surface area (Å²) >= 11 is 7.57. The molecule has 0 saturated carbocycles. The van der Waals surface area contributed by atoms with Crippen molar-refractivity contribution in [2.24, 2.45) is 0 Å². The van der Waals surface area contributed by atoms with Crippen molar-refractivity contribution in [1.29, 1.82) is 0 Å². The Labute approximate surface area is 312 Å². The molecule has 0 aromatic carbocycles. The van der Waals surface area contributed by atoms with Gasteiger partial charge >= 0.3 is 183 Å². The molecule has 0 atom stereocenters. The number of rotatable bonds is 34. The molecule has 0 rings (SSSR count). The van der Waals surface area contributed by atoms with Gasteiger partial charge in [0.25, 0.3) is 0 Å². The fraction of sp³-hybridized carbons (Fsp3) is 1.00. The second-order valence-electron chi connectivity index (χ2n) is 13.2. The second kappa shape index (κ2) is 43.9. The fourth-order valence-electron chi connectivity index (χ4n) is 5.61. The van der Waals surface area contributed by atoms with Crippen LogP contribution in [0.25, 0.3) is 0 Å². The molecule has 0 fully saturated rings. The number of hydrogen-bond acceptors (Lipinski definition) is 2. The SMILES string of the molecule is CCCCCCCCCCCCCCCCC[CH2][Mo][CH2]CCCCCCCCCCCCCCCCC.OP(O)(O)=S.OP(O)(O)=S. The Kier molecular flexibility index (Phi) is 49.6. The normalized spacial score (nSPS) is 11.6. The van der Waals surface area contributed by atoms with Crippen LogP contribution in [0.2, 0.25) is 9.62 Å². The van der Waals surface area contributed by atoms with Gasteiger partial charge in [0, 0.05) is 0 Å². The zero-order chi connectivity index (χ0) is 35.7. The van der Waals surface area contributed by atoms with E-state index in [9.17, 15) is 0 Å². The Balaban J connectivity index is -0.00000167. The molecule has 0 amide bonds. The van der Waals surface area contributed by atoms with Gasteiger partial charge in [0.15, 0.2) is 0 Å². The van der Waals surface area contributed by atoms with Gasteiger partial charge < -0.3 is 29.4 Å². The van der Waals surface area contributed by atoms with Gasteiger partial charge in [-0.25, -0.2) is 0 Å². The van der Waals surface area contributed by atoms with Gasteiger partial charge in [-0.2, -0.15) is 0 Å². The molecule has 0 aromatic rings. The smallest absolute Gasteiger partial charge is 0.325 e. The van der Waals surface area contributed by atoms with Crippen LogP contribution in [0, 0.1) is 0 Å². The van der Waals surface area contributed by atoms with Crippen LogP contribution in [-0.4, -0.2) is 29.4 Å².